The number of morpholine rings is 1. The number of nitrogens with zero attached hydrogens (tertiary/aromatic N) is 1. The van der Waals surface area contributed by atoms with Crippen molar-refractivity contribution in [3.63, 3.8) is 0 Å². The fourth-order valence-electron chi connectivity index (χ4n) is 2.70. The topological polar surface area (TPSA) is 58.6 Å². The minimum absolute atomic E-state index is 0.0672. The molecule has 24 heavy (non-hydrogen) atoms. The second-order valence-corrected chi connectivity index (χ2v) is 7.76. The first-order valence-electron chi connectivity index (χ1n) is 7.69. The molecule has 1 atom stereocenters. The van der Waals surface area contributed by atoms with E-state index >= 15 is 0 Å². The van der Waals surface area contributed by atoms with Gasteiger partial charge in [-0.05, 0) is 43.3 Å². The second-order valence-electron chi connectivity index (χ2n) is 5.70. The van der Waals surface area contributed by atoms with Crippen LogP contribution in [0.4, 0.5) is 11.4 Å². The Kier molecular flexibility index (Phi) is 4.99. The molecule has 0 aliphatic carbocycles. The Morgan fingerprint density at radius 2 is 1.88 bits per heavy atom. The highest BCUT2D eigenvalue weighted by molar-refractivity contribution is 7.92. The van der Waals surface area contributed by atoms with E-state index in [1.165, 1.54) is 6.07 Å². The van der Waals surface area contributed by atoms with Gasteiger partial charge in [-0.1, -0.05) is 23.7 Å². The van der Waals surface area contributed by atoms with Gasteiger partial charge in [-0.2, -0.15) is 0 Å². The average Bonchev–Trinajstić information content (AvgIpc) is 2.56. The summed E-state index contributed by atoms with van der Waals surface area (Å²) in [6, 6.07) is 14.0. The molecule has 0 spiro atoms. The van der Waals surface area contributed by atoms with Gasteiger partial charge in [-0.25, -0.2) is 8.42 Å². The highest BCUT2D eigenvalue weighted by atomic mass is 35.5. The molecule has 0 aromatic heterocycles. The van der Waals surface area contributed by atoms with E-state index in [-0.39, 0.29) is 9.92 Å². The van der Waals surface area contributed by atoms with Crippen molar-refractivity contribution in [1.29, 1.82) is 0 Å². The summed E-state index contributed by atoms with van der Waals surface area (Å²) >= 11 is 5.98. The third kappa shape index (κ3) is 3.66. The van der Waals surface area contributed by atoms with Crippen LogP contribution >= 0.6 is 11.6 Å². The molecule has 5 nitrogen and oxygen atoms in total. The zero-order chi connectivity index (χ0) is 17.2. The monoisotopic (exact) mass is 366 g/mol. The van der Waals surface area contributed by atoms with Crippen LogP contribution in [-0.4, -0.2) is 34.2 Å². The molecule has 1 saturated heterocycles. The van der Waals surface area contributed by atoms with Crippen molar-refractivity contribution < 1.29 is 13.2 Å². The van der Waals surface area contributed by atoms with Gasteiger partial charge < -0.3 is 9.64 Å². The van der Waals surface area contributed by atoms with E-state index in [1.807, 2.05) is 12.1 Å². The molecule has 2 aromatic carbocycles. The van der Waals surface area contributed by atoms with Crippen LogP contribution < -0.4 is 9.62 Å². The van der Waals surface area contributed by atoms with E-state index in [0.717, 1.165) is 12.2 Å². The molecule has 1 N–H and O–H groups in total. The first kappa shape index (κ1) is 17.1. The van der Waals surface area contributed by atoms with Gasteiger partial charge in [0.1, 0.15) is 4.90 Å². The molecule has 1 aliphatic heterocycles. The number of benzene rings is 2. The van der Waals surface area contributed by atoms with Crippen molar-refractivity contribution >= 4 is 33.0 Å². The normalized spacial score (nSPS) is 18.4. The SMILES string of the molecule is CC1COCCN1c1ccc(NS(=O)(=O)c2ccccc2Cl)cc1. The maximum atomic E-state index is 12.4. The summed E-state index contributed by atoms with van der Waals surface area (Å²) in [4.78, 5) is 2.31. The first-order chi connectivity index (χ1) is 11.5. The molecule has 1 unspecified atom stereocenters. The maximum Gasteiger partial charge on any atom is 0.263 e. The highest BCUT2D eigenvalue weighted by Gasteiger charge is 2.20. The van der Waals surface area contributed by atoms with Crippen LogP contribution in [-0.2, 0) is 14.8 Å². The standard InChI is InChI=1S/C17H19ClN2O3S/c1-13-12-23-11-10-20(13)15-8-6-14(7-9-15)19-24(21,22)17-5-3-2-4-16(17)18/h2-9,13,19H,10-12H2,1H3. The molecular formula is C17H19ClN2O3S. The first-order valence-corrected chi connectivity index (χ1v) is 9.55. The number of hydrogen-bond acceptors (Lipinski definition) is 4. The van der Waals surface area contributed by atoms with Crippen molar-refractivity contribution in [2.24, 2.45) is 0 Å². The molecule has 0 amide bonds. The van der Waals surface area contributed by atoms with Gasteiger partial charge in [0.15, 0.2) is 0 Å². The summed E-state index contributed by atoms with van der Waals surface area (Å²) < 4.78 is 32.9. The number of anilines is 2. The van der Waals surface area contributed by atoms with E-state index in [4.69, 9.17) is 16.3 Å². The zero-order valence-electron chi connectivity index (χ0n) is 13.3. The fraction of sp³-hybridized carbons (Fsp3) is 0.294. The molecule has 1 fully saturated rings. The average molecular weight is 367 g/mol. The van der Waals surface area contributed by atoms with Gasteiger partial charge in [0, 0.05) is 24.0 Å². The van der Waals surface area contributed by atoms with Crippen LogP contribution in [0.5, 0.6) is 0 Å². The van der Waals surface area contributed by atoms with Crippen molar-refractivity contribution in [1.82, 2.24) is 0 Å². The maximum absolute atomic E-state index is 12.4. The quantitative estimate of drug-likeness (QED) is 0.901. The molecule has 128 valence electrons. The molecule has 0 radical (unpaired) electrons. The van der Waals surface area contributed by atoms with Crippen molar-refractivity contribution in [3.8, 4) is 0 Å². The third-order valence-corrected chi connectivity index (χ3v) is 5.83. The number of ether oxygens (including phenoxy) is 1. The number of hydrogen-bond donors (Lipinski definition) is 1. The van der Waals surface area contributed by atoms with Crippen LogP contribution in [0.25, 0.3) is 0 Å². The van der Waals surface area contributed by atoms with Crippen LogP contribution in [0, 0.1) is 0 Å². The largest absolute Gasteiger partial charge is 0.377 e. The Hall–Kier alpha value is -1.76. The summed E-state index contributed by atoms with van der Waals surface area (Å²) in [5.74, 6) is 0. The summed E-state index contributed by atoms with van der Waals surface area (Å²) in [6.07, 6.45) is 0. The minimum atomic E-state index is -3.71. The predicted molar refractivity (Wildman–Crippen MR) is 96.3 cm³/mol. The van der Waals surface area contributed by atoms with Crippen molar-refractivity contribution in [3.05, 3.63) is 53.6 Å². The van der Waals surface area contributed by atoms with Crippen LogP contribution in [0.15, 0.2) is 53.4 Å². The van der Waals surface area contributed by atoms with E-state index in [2.05, 4.69) is 16.5 Å². The molecule has 0 bridgehead atoms. The Balaban J connectivity index is 1.78. The lowest BCUT2D eigenvalue weighted by atomic mass is 10.2. The summed E-state index contributed by atoms with van der Waals surface area (Å²) in [7, 11) is -3.71. The van der Waals surface area contributed by atoms with E-state index in [9.17, 15) is 8.42 Å². The van der Waals surface area contributed by atoms with Gasteiger partial charge in [-0.3, -0.25) is 4.72 Å². The summed E-state index contributed by atoms with van der Waals surface area (Å²) in [5.41, 5.74) is 1.55. The van der Waals surface area contributed by atoms with Crippen LogP contribution in [0.2, 0.25) is 5.02 Å². The highest BCUT2D eigenvalue weighted by Crippen LogP contribution is 2.25. The Morgan fingerprint density at radius 1 is 1.17 bits per heavy atom. The Morgan fingerprint density at radius 3 is 2.54 bits per heavy atom. The lowest BCUT2D eigenvalue weighted by Crippen LogP contribution is -2.43. The van der Waals surface area contributed by atoms with Gasteiger partial charge in [0.05, 0.1) is 18.2 Å². The number of rotatable bonds is 4. The Bertz CT molecular complexity index is 809. The van der Waals surface area contributed by atoms with Crippen LogP contribution in [0.3, 0.4) is 0 Å². The summed E-state index contributed by atoms with van der Waals surface area (Å²) in [6.45, 7) is 4.32. The van der Waals surface area contributed by atoms with E-state index in [0.29, 0.717) is 24.9 Å². The molecule has 0 saturated carbocycles. The molecule has 1 heterocycles. The molecule has 2 aromatic rings. The van der Waals surface area contributed by atoms with E-state index in [1.54, 1.807) is 30.3 Å². The van der Waals surface area contributed by atoms with Gasteiger partial charge >= 0.3 is 0 Å². The number of nitrogens with one attached hydrogen (secondary N) is 1. The summed E-state index contributed by atoms with van der Waals surface area (Å²) in [5, 5.41) is 0.198. The number of sulfonamides is 1. The molecule has 7 heteroatoms. The van der Waals surface area contributed by atoms with Gasteiger partial charge in [-0.15, -0.1) is 0 Å². The Labute approximate surface area is 147 Å². The smallest absolute Gasteiger partial charge is 0.263 e. The molecule has 1 aliphatic rings. The predicted octanol–water partition coefficient (Wildman–Crippen LogP) is 3.37. The van der Waals surface area contributed by atoms with Gasteiger partial charge in [0.25, 0.3) is 10.0 Å². The third-order valence-electron chi connectivity index (χ3n) is 3.94. The lowest BCUT2D eigenvalue weighted by molar-refractivity contribution is 0.0989. The molecular weight excluding hydrogens is 348 g/mol. The van der Waals surface area contributed by atoms with Crippen LogP contribution in [0.1, 0.15) is 6.92 Å². The zero-order valence-corrected chi connectivity index (χ0v) is 14.8. The van der Waals surface area contributed by atoms with E-state index < -0.39 is 10.0 Å². The van der Waals surface area contributed by atoms with Gasteiger partial charge in [0.2, 0.25) is 0 Å². The fourth-order valence-corrected chi connectivity index (χ4v) is 4.28. The van der Waals surface area contributed by atoms with Crippen molar-refractivity contribution in [2.75, 3.05) is 29.4 Å². The lowest BCUT2D eigenvalue weighted by Gasteiger charge is -2.35. The minimum Gasteiger partial charge on any atom is -0.377 e. The second kappa shape index (κ2) is 7.01. The van der Waals surface area contributed by atoms with Crippen molar-refractivity contribution in [2.45, 2.75) is 17.9 Å². The number of halogens is 1. The molecule has 3 rings (SSSR count).